The van der Waals surface area contributed by atoms with Gasteiger partial charge in [0.15, 0.2) is 5.16 Å². The predicted octanol–water partition coefficient (Wildman–Crippen LogP) is 4.02. The Hall–Kier alpha value is -2.80. The van der Waals surface area contributed by atoms with Crippen molar-refractivity contribution >= 4 is 23.4 Å². The van der Waals surface area contributed by atoms with E-state index in [9.17, 15) is 4.79 Å². The molecule has 7 heteroatoms. The van der Waals surface area contributed by atoms with Crippen LogP contribution in [0.1, 0.15) is 25.2 Å². The number of ether oxygens (including phenoxy) is 1. The number of aromatic nitrogens is 3. The summed E-state index contributed by atoms with van der Waals surface area (Å²) < 4.78 is 7.20. The third kappa shape index (κ3) is 4.92. The van der Waals surface area contributed by atoms with Crippen molar-refractivity contribution < 1.29 is 9.53 Å². The van der Waals surface area contributed by atoms with Crippen molar-refractivity contribution in [2.75, 3.05) is 12.4 Å². The van der Waals surface area contributed by atoms with E-state index in [0.717, 1.165) is 29.0 Å². The zero-order valence-corrected chi connectivity index (χ0v) is 17.1. The van der Waals surface area contributed by atoms with Gasteiger partial charge < -0.3 is 14.6 Å². The van der Waals surface area contributed by atoms with Crippen LogP contribution >= 0.6 is 11.8 Å². The SMILES string of the molecule is CCn1c(Cc2ccccc2)nnc1S[C@H](C)C(=O)Nc1ccc(OC)cc1. The van der Waals surface area contributed by atoms with E-state index in [2.05, 4.69) is 39.1 Å². The highest BCUT2D eigenvalue weighted by Crippen LogP contribution is 2.25. The molecule has 0 saturated carbocycles. The van der Waals surface area contributed by atoms with E-state index in [0.29, 0.717) is 6.42 Å². The molecule has 1 heterocycles. The smallest absolute Gasteiger partial charge is 0.237 e. The molecule has 0 spiro atoms. The van der Waals surface area contributed by atoms with Gasteiger partial charge in [-0.1, -0.05) is 42.1 Å². The van der Waals surface area contributed by atoms with E-state index < -0.39 is 0 Å². The Morgan fingerprint density at radius 2 is 1.86 bits per heavy atom. The zero-order chi connectivity index (χ0) is 19.9. The maximum atomic E-state index is 12.5. The largest absolute Gasteiger partial charge is 0.497 e. The molecular formula is C21H24N4O2S. The molecule has 146 valence electrons. The lowest BCUT2D eigenvalue weighted by molar-refractivity contribution is -0.115. The minimum absolute atomic E-state index is 0.0783. The van der Waals surface area contributed by atoms with Crippen molar-refractivity contribution in [3.63, 3.8) is 0 Å². The molecule has 0 aliphatic carbocycles. The molecule has 1 amide bonds. The molecule has 0 aliphatic heterocycles. The first-order valence-electron chi connectivity index (χ1n) is 9.18. The van der Waals surface area contributed by atoms with E-state index in [1.54, 1.807) is 7.11 Å². The second-order valence-corrected chi connectivity index (χ2v) is 7.59. The number of amides is 1. The van der Waals surface area contributed by atoms with Crippen molar-refractivity contribution in [3.05, 3.63) is 66.0 Å². The molecule has 1 aromatic heterocycles. The highest BCUT2D eigenvalue weighted by molar-refractivity contribution is 8.00. The van der Waals surface area contributed by atoms with E-state index >= 15 is 0 Å². The predicted molar refractivity (Wildman–Crippen MR) is 112 cm³/mol. The summed E-state index contributed by atoms with van der Waals surface area (Å²) in [4.78, 5) is 12.5. The highest BCUT2D eigenvalue weighted by Gasteiger charge is 2.20. The van der Waals surface area contributed by atoms with Crippen LogP contribution in [-0.2, 0) is 17.8 Å². The number of hydrogen-bond acceptors (Lipinski definition) is 5. The molecule has 0 radical (unpaired) electrons. The number of methoxy groups -OCH3 is 1. The molecule has 28 heavy (non-hydrogen) atoms. The summed E-state index contributed by atoms with van der Waals surface area (Å²) in [7, 11) is 1.61. The fraction of sp³-hybridized carbons (Fsp3) is 0.286. The lowest BCUT2D eigenvalue weighted by atomic mass is 10.1. The number of anilines is 1. The van der Waals surface area contributed by atoms with Gasteiger partial charge in [-0.25, -0.2) is 0 Å². The quantitative estimate of drug-likeness (QED) is 0.583. The first-order chi connectivity index (χ1) is 13.6. The Kier molecular flexibility index (Phi) is 6.71. The molecule has 6 nitrogen and oxygen atoms in total. The van der Waals surface area contributed by atoms with Crippen LogP contribution in [-0.4, -0.2) is 33.0 Å². The summed E-state index contributed by atoms with van der Waals surface area (Å²) in [6.45, 7) is 4.68. The van der Waals surface area contributed by atoms with Gasteiger partial charge in [0.25, 0.3) is 0 Å². The van der Waals surface area contributed by atoms with Crippen molar-refractivity contribution in [3.8, 4) is 5.75 Å². The van der Waals surface area contributed by atoms with Crippen molar-refractivity contribution in [2.24, 2.45) is 0 Å². The van der Waals surface area contributed by atoms with Crippen molar-refractivity contribution in [1.29, 1.82) is 0 Å². The van der Waals surface area contributed by atoms with Crippen LogP contribution in [0.4, 0.5) is 5.69 Å². The van der Waals surface area contributed by atoms with Gasteiger partial charge in [0.2, 0.25) is 5.91 Å². The van der Waals surface area contributed by atoms with Gasteiger partial charge in [-0.05, 0) is 43.7 Å². The Morgan fingerprint density at radius 3 is 2.50 bits per heavy atom. The Morgan fingerprint density at radius 1 is 1.14 bits per heavy atom. The van der Waals surface area contributed by atoms with Gasteiger partial charge in [-0.2, -0.15) is 0 Å². The number of carbonyl (C=O) groups excluding carboxylic acids is 1. The van der Waals surface area contributed by atoms with Crippen molar-refractivity contribution in [1.82, 2.24) is 14.8 Å². The molecule has 3 aromatic rings. The van der Waals surface area contributed by atoms with Gasteiger partial charge in [0, 0.05) is 18.7 Å². The Labute approximate surface area is 169 Å². The van der Waals surface area contributed by atoms with Crippen molar-refractivity contribution in [2.45, 2.75) is 37.2 Å². The Balaban J connectivity index is 1.65. The molecule has 0 fully saturated rings. The number of rotatable bonds is 8. The molecule has 3 rings (SSSR count). The highest BCUT2D eigenvalue weighted by atomic mass is 32.2. The maximum absolute atomic E-state index is 12.5. The van der Waals surface area contributed by atoms with Crippen LogP contribution in [0.3, 0.4) is 0 Å². The Bertz CT molecular complexity index is 910. The monoisotopic (exact) mass is 396 g/mol. The van der Waals surface area contributed by atoms with E-state index in [1.807, 2.05) is 49.4 Å². The summed E-state index contributed by atoms with van der Waals surface area (Å²) in [6, 6.07) is 17.5. The molecule has 0 bridgehead atoms. The number of benzene rings is 2. The van der Waals surface area contributed by atoms with Gasteiger partial charge in [-0.3, -0.25) is 4.79 Å². The second kappa shape index (κ2) is 9.41. The number of nitrogens with zero attached hydrogens (tertiary/aromatic N) is 3. The fourth-order valence-corrected chi connectivity index (χ4v) is 3.69. The second-order valence-electron chi connectivity index (χ2n) is 6.28. The minimum Gasteiger partial charge on any atom is -0.497 e. The lowest BCUT2D eigenvalue weighted by Gasteiger charge is -2.13. The molecule has 1 atom stereocenters. The number of carbonyl (C=O) groups is 1. The summed E-state index contributed by atoms with van der Waals surface area (Å²) in [6.07, 6.45) is 0.717. The first-order valence-corrected chi connectivity index (χ1v) is 10.1. The lowest BCUT2D eigenvalue weighted by Crippen LogP contribution is -2.23. The van der Waals surface area contributed by atoms with Crippen LogP contribution in [0.2, 0.25) is 0 Å². The molecule has 0 unspecified atom stereocenters. The molecule has 2 aromatic carbocycles. The average Bonchev–Trinajstić information content (AvgIpc) is 3.10. The molecule has 1 N–H and O–H groups in total. The number of thioether (sulfide) groups is 1. The minimum atomic E-state index is -0.304. The van der Waals surface area contributed by atoms with Crippen LogP contribution in [0.5, 0.6) is 5.75 Å². The van der Waals surface area contributed by atoms with Crippen LogP contribution < -0.4 is 10.1 Å². The normalized spacial score (nSPS) is 11.8. The third-order valence-electron chi connectivity index (χ3n) is 4.32. The molecular weight excluding hydrogens is 372 g/mol. The van der Waals surface area contributed by atoms with E-state index in [1.165, 1.54) is 17.3 Å². The summed E-state index contributed by atoms with van der Waals surface area (Å²) in [5, 5.41) is 12.0. The van der Waals surface area contributed by atoms with Crippen LogP contribution in [0, 0.1) is 0 Å². The van der Waals surface area contributed by atoms with Gasteiger partial charge in [-0.15, -0.1) is 10.2 Å². The van der Waals surface area contributed by atoms with Crippen LogP contribution in [0.15, 0.2) is 59.8 Å². The van der Waals surface area contributed by atoms with Gasteiger partial charge >= 0.3 is 0 Å². The van der Waals surface area contributed by atoms with Gasteiger partial charge in [0.05, 0.1) is 12.4 Å². The van der Waals surface area contributed by atoms with Crippen LogP contribution in [0.25, 0.3) is 0 Å². The standard InChI is InChI=1S/C21H24N4O2S/c1-4-25-19(14-16-8-6-5-7-9-16)23-24-21(25)28-15(2)20(26)22-17-10-12-18(27-3)13-11-17/h5-13,15H,4,14H2,1-3H3,(H,22,26)/t15-/m1/s1. The average molecular weight is 397 g/mol. The summed E-state index contributed by atoms with van der Waals surface area (Å²) in [5.41, 5.74) is 1.92. The van der Waals surface area contributed by atoms with E-state index in [4.69, 9.17) is 4.74 Å². The number of hydrogen-bond donors (Lipinski definition) is 1. The third-order valence-corrected chi connectivity index (χ3v) is 5.40. The topological polar surface area (TPSA) is 69.0 Å². The summed E-state index contributed by atoms with van der Waals surface area (Å²) >= 11 is 1.41. The first kappa shape index (κ1) is 19.9. The summed E-state index contributed by atoms with van der Waals surface area (Å²) in [5.74, 6) is 1.58. The van der Waals surface area contributed by atoms with E-state index in [-0.39, 0.29) is 11.2 Å². The van der Waals surface area contributed by atoms with Gasteiger partial charge in [0.1, 0.15) is 11.6 Å². The fourth-order valence-electron chi connectivity index (χ4n) is 2.76. The zero-order valence-electron chi connectivity index (χ0n) is 16.3. The number of nitrogens with one attached hydrogen (secondary N) is 1. The molecule has 0 saturated heterocycles. The molecule has 0 aliphatic rings. The maximum Gasteiger partial charge on any atom is 0.237 e.